The fourth-order valence-electron chi connectivity index (χ4n) is 1.99. The van der Waals surface area contributed by atoms with Gasteiger partial charge in [-0.05, 0) is 13.0 Å². The molecule has 0 aliphatic rings. The van der Waals surface area contributed by atoms with E-state index in [-0.39, 0.29) is 12.2 Å². The van der Waals surface area contributed by atoms with Gasteiger partial charge in [0.2, 0.25) is 0 Å². The molecule has 0 radical (unpaired) electrons. The zero-order valence-electron chi connectivity index (χ0n) is 9.81. The lowest BCUT2D eigenvalue weighted by atomic mass is 10.1. The van der Waals surface area contributed by atoms with Gasteiger partial charge in [0.05, 0.1) is 17.0 Å². The number of carbonyl (C=O) groups excluding carboxylic acids is 1. The minimum absolute atomic E-state index is 0.00759. The summed E-state index contributed by atoms with van der Waals surface area (Å²) < 4.78 is 1.72. The van der Waals surface area contributed by atoms with Gasteiger partial charge in [0.25, 0.3) is 0 Å². The highest BCUT2D eigenvalue weighted by molar-refractivity contribution is 6.35. The molecule has 0 atom stereocenters. The number of benzene rings is 1. The van der Waals surface area contributed by atoms with Gasteiger partial charge in [-0.1, -0.05) is 23.7 Å². The topological polar surface area (TPSA) is 59.3 Å². The Morgan fingerprint density at radius 3 is 2.72 bits per heavy atom. The number of para-hydroxylation sites is 1. The summed E-state index contributed by atoms with van der Waals surface area (Å²) in [5.74, 6) is -0.940. The van der Waals surface area contributed by atoms with Crippen molar-refractivity contribution in [1.29, 1.82) is 0 Å². The number of fused-ring (bicyclic) bond motifs is 1. The average molecular weight is 266 g/mol. The van der Waals surface area contributed by atoms with Gasteiger partial charge >= 0.3 is 5.97 Å². The molecule has 18 heavy (non-hydrogen) atoms. The van der Waals surface area contributed by atoms with Gasteiger partial charge in [-0.15, -0.1) is 0 Å². The van der Waals surface area contributed by atoms with Crippen molar-refractivity contribution in [1.82, 2.24) is 4.57 Å². The van der Waals surface area contributed by atoms with Crippen LogP contribution in [0.3, 0.4) is 0 Å². The SMILES string of the molecule is CC(=O)c1cn(CCC(=O)O)c2c(Cl)cccc12. The monoisotopic (exact) mass is 265 g/mol. The number of halogens is 1. The average Bonchev–Trinajstić information content (AvgIpc) is 2.67. The largest absolute Gasteiger partial charge is 0.481 e. The first-order chi connectivity index (χ1) is 8.50. The number of carboxylic acid groups (broad SMARTS) is 1. The van der Waals surface area contributed by atoms with Crippen molar-refractivity contribution in [3.05, 3.63) is 35.0 Å². The number of aryl methyl sites for hydroxylation is 1. The maximum Gasteiger partial charge on any atom is 0.305 e. The zero-order chi connectivity index (χ0) is 13.3. The fraction of sp³-hybridized carbons (Fsp3) is 0.231. The lowest BCUT2D eigenvalue weighted by Gasteiger charge is -2.04. The van der Waals surface area contributed by atoms with Crippen molar-refractivity contribution in [2.75, 3.05) is 0 Å². The predicted molar refractivity (Wildman–Crippen MR) is 69.2 cm³/mol. The van der Waals surface area contributed by atoms with Crippen molar-refractivity contribution < 1.29 is 14.7 Å². The molecule has 0 unspecified atom stereocenters. The molecule has 0 amide bonds. The van der Waals surface area contributed by atoms with E-state index in [0.717, 1.165) is 5.39 Å². The molecular weight excluding hydrogens is 254 g/mol. The van der Waals surface area contributed by atoms with Crippen LogP contribution in [0, 0.1) is 0 Å². The number of rotatable bonds is 4. The Morgan fingerprint density at radius 1 is 1.39 bits per heavy atom. The van der Waals surface area contributed by atoms with Crippen LogP contribution in [0.1, 0.15) is 23.7 Å². The maximum absolute atomic E-state index is 11.5. The van der Waals surface area contributed by atoms with Gasteiger partial charge in [0.1, 0.15) is 0 Å². The van der Waals surface area contributed by atoms with Crippen LogP contribution in [0.15, 0.2) is 24.4 Å². The molecule has 94 valence electrons. The molecule has 0 aliphatic carbocycles. The minimum Gasteiger partial charge on any atom is -0.481 e. The summed E-state index contributed by atoms with van der Waals surface area (Å²) >= 11 is 6.12. The van der Waals surface area contributed by atoms with Gasteiger partial charge in [0, 0.05) is 23.7 Å². The number of ketones is 1. The second-order valence-electron chi connectivity index (χ2n) is 4.07. The molecule has 1 aromatic carbocycles. The Hall–Kier alpha value is -1.81. The van der Waals surface area contributed by atoms with Crippen molar-refractivity contribution in [2.24, 2.45) is 0 Å². The quantitative estimate of drug-likeness (QED) is 0.865. The second-order valence-corrected chi connectivity index (χ2v) is 4.48. The van der Waals surface area contributed by atoms with Crippen molar-refractivity contribution >= 4 is 34.3 Å². The lowest BCUT2D eigenvalue weighted by Crippen LogP contribution is -2.03. The Labute approximate surface area is 109 Å². The van der Waals surface area contributed by atoms with E-state index >= 15 is 0 Å². The third-order valence-corrected chi connectivity index (χ3v) is 3.10. The highest BCUT2D eigenvalue weighted by Crippen LogP contribution is 2.28. The van der Waals surface area contributed by atoms with E-state index in [4.69, 9.17) is 16.7 Å². The summed E-state index contributed by atoms with van der Waals surface area (Å²) in [4.78, 5) is 22.2. The highest BCUT2D eigenvalue weighted by Gasteiger charge is 2.14. The Balaban J connectivity index is 2.58. The third kappa shape index (κ3) is 2.24. The van der Waals surface area contributed by atoms with Crippen molar-refractivity contribution in [2.45, 2.75) is 19.9 Å². The number of hydrogen-bond acceptors (Lipinski definition) is 2. The van der Waals surface area contributed by atoms with E-state index in [2.05, 4.69) is 0 Å². The molecule has 1 heterocycles. The molecule has 0 aliphatic heterocycles. The van der Waals surface area contributed by atoms with E-state index in [0.29, 0.717) is 22.6 Å². The third-order valence-electron chi connectivity index (χ3n) is 2.79. The Morgan fingerprint density at radius 2 is 2.11 bits per heavy atom. The summed E-state index contributed by atoms with van der Waals surface area (Å²) in [5, 5.41) is 10.0. The van der Waals surface area contributed by atoms with Gasteiger partial charge in [-0.2, -0.15) is 0 Å². The fourth-order valence-corrected chi connectivity index (χ4v) is 2.27. The van der Waals surface area contributed by atoms with Gasteiger partial charge in [-0.3, -0.25) is 9.59 Å². The first kappa shape index (κ1) is 12.6. The van der Waals surface area contributed by atoms with E-state index in [1.807, 2.05) is 6.07 Å². The van der Waals surface area contributed by atoms with Gasteiger partial charge in [0.15, 0.2) is 5.78 Å². The molecule has 0 spiro atoms. The maximum atomic E-state index is 11.5. The molecule has 2 rings (SSSR count). The number of carbonyl (C=O) groups is 2. The number of nitrogens with zero attached hydrogens (tertiary/aromatic N) is 1. The van der Waals surface area contributed by atoms with Crippen LogP contribution >= 0.6 is 11.6 Å². The van der Waals surface area contributed by atoms with E-state index in [1.165, 1.54) is 6.92 Å². The summed E-state index contributed by atoms with van der Waals surface area (Å²) in [6, 6.07) is 5.32. The van der Waals surface area contributed by atoms with Crippen LogP contribution in [0.4, 0.5) is 0 Å². The van der Waals surface area contributed by atoms with E-state index in [1.54, 1.807) is 22.9 Å². The molecule has 0 saturated heterocycles. The smallest absolute Gasteiger partial charge is 0.305 e. The van der Waals surface area contributed by atoms with Crippen LogP contribution in [-0.4, -0.2) is 21.4 Å². The van der Waals surface area contributed by atoms with Crippen LogP contribution < -0.4 is 0 Å². The van der Waals surface area contributed by atoms with Crippen molar-refractivity contribution in [3.63, 3.8) is 0 Å². The summed E-state index contributed by atoms with van der Waals surface area (Å²) in [6.45, 7) is 1.78. The summed E-state index contributed by atoms with van der Waals surface area (Å²) in [5.41, 5.74) is 1.28. The molecule has 2 aromatic rings. The molecule has 0 saturated carbocycles. The van der Waals surface area contributed by atoms with Crippen molar-refractivity contribution in [3.8, 4) is 0 Å². The molecule has 0 bridgehead atoms. The lowest BCUT2D eigenvalue weighted by molar-refractivity contribution is -0.137. The van der Waals surface area contributed by atoms with Crippen LogP contribution in [0.2, 0.25) is 5.02 Å². The molecule has 1 aromatic heterocycles. The molecular formula is C13H12ClNO3. The Kier molecular flexibility index (Phi) is 3.39. The first-order valence-corrected chi connectivity index (χ1v) is 5.88. The summed E-state index contributed by atoms with van der Waals surface area (Å²) in [6.07, 6.45) is 1.66. The molecule has 4 nitrogen and oxygen atoms in total. The Bertz CT molecular complexity index is 630. The van der Waals surface area contributed by atoms with Crippen LogP contribution in [0.5, 0.6) is 0 Å². The predicted octanol–water partition coefficient (Wildman–Crippen LogP) is 2.97. The van der Waals surface area contributed by atoms with E-state index < -0.39 is 5.97 Å². The van der Waals surface area contributed by atoms with Crippen LogP contribution in [0.25, 0.3) is 10.9 Å². The number of aliphatic carboxylic acids is 1. The zero-order valence-corrected chi connectivity index (χ0v) is 10.6. The number of aromatic nitrogens is 1. The number of carboxylic acids is 1. The highest BCUT2D eigenvalue weighted by atomic mass is 35.5. The van der Waals surface area contributed by atoms with Gasteiger partial charge < -0.3 is 9.67 Å². The number of hydrogen-bond donors (Lipinski definition) is 1. The van der Waals surface area contributed by atoms with E-state index in [9.17, 15) is 9.59 Å². The molecule has 0 fully saturated rings. The van der Waals surface area contributed by atoms with Gasteiger partial charge in [-0.25, -0.2) is 0 Å². The molecule has 1 N–H and O–H groups in total. The second kappa shape index (κ2) is 4.82. The first-order valence-electron chi connectivity index (χ1n) is 5.51. The standard InChI is InChI=1S/C13H12ClNO3/c1-8(16)10-7-15(6-5-12(17)18)13-9(10)3-2-4-11(13)14/h2-4,7H,5-6H2,1H3,(H,17,18). The van der Waals surface area contributed by atoms with Crippen LogP contribution in [-0.2, 0) is 11.3 Å². The normalized spacial score (nSPS) is 10.8. The summed E-state index contributed by atoms with van der Waals surface area (Å²) in [7, 11) is 0. The molecule has 5 heteroatoms. The minimum atomic E-state index is -0.881. The number of Topliss-reactive ketones (excluding diaryl/α,β-unsaturated/α-hetero) is 1.